The third-order valence-corrected chi connectivity index (χ3v) is 7.22. The number of unbranched alkanes of at least 4 members (excludes halogenated alkanes) is 1. The summed E-state index contributed by atoms with van der Waals surface area (Å²) >= 11 is 0. The van der Waals surface area contributed by atoms with E-state index in [1.165, 1.54) is 11.0 Å². The summed E-state index contributed by atoms with van der Waals surface area (Å²) in [6, 6.07) is 13.1. The average Bonchev–Trinajstić information content (AvgIpc) is 2.95. The number of nitrogens with zero attached hydrogens (tertiary/aromatic N) is 3. The second-order valence-corrected chi connectivity index (χ2v) is 10.3. The van der Waals surface area contributed by atoms with Gasteiger partial charge in [0.15, 0.2) is 0 Å². The molecule has 0 unspecified atom stereocenters. The molecule has 0 aliphatic carbocycles. The third-order valence-electron chi connectivity index (χ3n) is 7.22. The van der Waals surface area contributed by atoms with Gasteiger partial charge < -0.3 is 34.2 Å². The number of likely N-dealkylation sites (N-methyl/N-ethyl adjacent to an activating group) is 1. The van der Waals surface area contributed by atoms with Crippen LogP contribution >= 0.6 is 0 Å². The Morgan fingerprint density at radius 1 is 1.02 bits per heavy atom. The lowest BCUT2D eigenvalue weighted by Gasteiger charge is -2.38. The first kappa shape index (κ1) is 30.1. The highest BCUT2D eigenvalue weighted by molar-refractivity contribution is 6.01. The standard InChI is InChI=1S/C30H39FN4O6/c1-3-4-17-40-30(38)35-19-23(20-35)39-18-9-15-34-16-14-25(32-29(37)41-21-22-10-6-5-7-11-22)28(36)33(2)26-13-8-12-24(31)27(26)34/h5-8,10-13,23,25H,3-4,9,14-21H2,1-2H3,(H,32,37)/t25-/m0/s1. The molecule has 222 valence electrons. The van der Waals surface area contributed by atoms with E-state index in [0.717, 1.165) is 18.4 Å². The second kappa shape index (κ2) is 14.7. The first-order chi connectivity index (χ1) is 19.9. The molecule has 2 aromatic rings. The lowest BCUT2D eigenvalue weighted by atomic mass is 10.1. The number of hydrogen-bond acceptors (Lipinski definition) is 7. The number of hydrogen-bond donors (Lipinski definition) is 1. The molecule has 10 nitrogen and oxygen atoms in total. The summed E-state index contributed by atoms with van der Waals surface area (Å²) in [5.74, 6) is -0.771. The first-order valence-electron chi connectivity index (χ1n) is 14.2. The third kappa shape index (κ3) is 8.09. The van der Waals surface area contributed by atoms with E-state index >= 15 is 4.39 Å². The minimum Gasteiger partial charge on any atom is -0.449 e. The van der Waals surface area contributed by atoms with Crippen LogP contribution in [0.25, 0.3) is 0 Å². The van der Waals surface area contributed by atoms with E-state index in [0.29, 0.717) is 57.2 Å². The molecule has 11 heteroatoms. The number of fused-ring (bicyclic) bond motifs is 1. The molecule has 2 aromatic carbocycles. The van der Waals surface area contributed by atoms with E-state index in [2.05, 4.69) is 5.32 Å². The van der Waals surface area contributed by atoms with Crippen LogP contribution in [0.1, 0.15) is 38.2 Å². The fourth-order valence-corrected chi connectivity index (χ4v) is 4.82. The molecule has 0 saturated carbocycles. The van der Waals surface area contributed by atoms with Crippen molar-refractivity contribution in [1.82, 2.24) is 10.2 Å². The maximum atomic E-state index is 15.1. The zero-order chi connectivity index (χ0) is 29.2. The van der Waals surface area contributed by atoms with Crippen LogP contribution in [-0.2, 0) is 25.6 Å². The zero-order valence-electron chi connectivity index (χ0n) is 23.7. The van der Waals surface area contributed by atoms with Crippen molar-refractivity contribution in [3.8, 4) is 0 Å². The molecule has 2 aliphatic rings. The molecule has 2 heterocycles. The van der Waals surface area contributed by atoms with Gasteiger partial charge in [0.1, 0.15) is 18.5 Å². The van der Waals surface area contributed by atoms with Gasteiger partial charge in [0, 0.05) is 26.7 Å². The van der Waals surface area contributed by atoms with Gasteiger partial charge in [-0.05, 0) is 37.0 Å². The summed E-state index contributed by atoms with van der Waals surface area (Å²) < 4.78 is 31.5. The average molecular weight is 571 g/mol. The van der Waals surface area contributed by atoms with Crippen LogP contribution in [-0.4, -0.2) is 81.6 Å². The number of rotatable bonds is 11. The van der Waals surface area contributed by atoms with Crippen LogP contribution in [0.5, 0.6) is 0 Å². The number of anilines is 2. The van der Waals surface area contributed by atoms with Gasteiger partial charge in [0.25, 0.3) is 0 Å². The SMILES string of the molecule is CCCCOC(=O)N1CC(OCCCN2CC[C@H](NC(=O)OCc3ccccc3)C(=O)N(C)c3cccc(F)c32)C1. The Morgan fingerprint density at radius 3 is 2.56 bits per heavy atom. The molecule has 1 atom stereocenters. The Morgan fingerprint density at radius 2 is 1.80 bits per heavy atom. The lowest BCUT2D eigenvalue weighted by Crippen LogP contribution is -2.55. The molecule has 1 fully saturated rings. The predicted molar refractivity (Wildman–Crippen MR) is 152 cm³/mol. The van der Waals surface area contributed by atoms with Gasteiger partial charge in [-0.2, -0.15) is 0 Å². The molecule has 1 saturated heterocycles. The fourth-order valence-electron chi connectivity index (χ4n) is 4.82. The quantitative estimate of drug-likeness (QED) is 0.402. The molecule has 0 bridgehead atoms. The van der Waals surface area contributed by atoms with Crippen LogP contribution in [0.4, 0.5) is 25.4 Å². The largest absolute Gasteiger partial charge is 0.449 e. The minimum absolute atomic E-state index is 0.0516. The van der Waals surface area contributed by atoms with Crippen molar-refractivity contribution in [1.29, 1.82) is 0 Å². The number of likely N-dealkylation sites (tertiary alicyclic amines) is 1. The summed E-state index contributed by atoms with van der Waals surface area (Å²) in [5, 5.41) is 2.69. The Bertz CT molecular complexity index is 1180. The summed E-state index contributed by atoms with van der Waals surface area (Å²) in [4.78, 5) is 42.7. The number of amides is 3. The molecular weight excluding hydrogens is 531 g/mol. The molecule has 0 radical (unpaired) electrons. The van der Waals surface area contributed by atoms with Gasteiger partial charge in [0.05, 0.1) is 37.2 Å². The zero-order valence-corrected chi connectivity index (χ0v) is 23.7. The highest BCUT2D eigenvalue weighted by Gasteiger charge is 2.33. The van der Waals surface area contributed by atoms with E-state index in [1.807, 2.05) is 42.2 Å². The summed E-state index contributed by atoms with van der Waals surface area (Å²) in [7, 11) is 1.58. The summed E-state index contributed by atoms with van der Waals surface area (Å²) in [6.45, 7) is 4.80. The topological polar surface area (TPSA) is 101 Å². The van der Waals surface area contributed by atoms with Crippen LogP contribution in [0, 0.1) is 5.82 Å². The van der Waals surface area contributed by atoms with Crippen molar-refractivity contribution in [3.05, 3.63) is 59.9 Å². The number of benzene rings is 2. The molecule has 0 aromatic heterocycles. The van der Waals surface area contributed by atoms with Crippen molar-refractivity contribution in [3.63, 3.8) is 0 Å². The number of alkyl carbamates (subject to hydrolysis) is 1. The van der Waals surface area contributed by atoms with Crippen molar-refractivity contribution in [2.24, 2.45) is 0 Å². The van der Waals surface area contributed by atoms with E-state index in [4.69, 9.17) is 14.2 Å². The Hall–Kier alpha value is -3.86. The fraction of sp³-hybridized carbons (Fsp3) is 0.500. The van der Waals surface area contributed by atoms with Crippen molar-refractivity contribution < 1.29 is 33.0 Å². The van der Waals surface area contributed by atoms with Gasteiger partial charge >= 0.3 is 12.2 Å². The molecule has 2 aliphatic heterocycles. The number of ether oxygens (including phenoxy) is 3. The Labute approximate surface area is 240 Å². The molecule has 4 rings (SSSR count). The summed E-state index contributed by atoms with van der Waals surface area (Å²) in [5.41, 5.74) is 1.61. The van der Waals surface area contributed by atoms with Crippen molar-refractivity contribution in [2.75, 3.05) is 56.2 Å². The smallest absolute Gasteiger partial charge is 0.409 e. The van der Waals surface area contributed by atoms with Crippen LogP contribution in [0.2, 0.25) is 0 Å². The molecule has 0 spiro atoms. The number of halogens is 1. The number of para-hydroxylation sites is 1. The monoisotopic (exact) mass is 570 g/mol. The van der Waals surface area contributed by atoms with Crippen LogP contribution in [0.15, 0.2) is 48.5 Å². The Kier molecular flexibility index (Phi) is 10.8. The maximum Gasteiger partial charge on any atom is 0.409 e. The lowest BCUT2D eigenvalue weighted by molar-refractivity contribution is -0.120. The molecule has 3 amide bonds. The van der Waals surface area contributed by atoms with Crippen LogP contribution < -0.4 is 15.1 Å². The molecule has 1 N–H and O–H groups in total. The molecular formula is C30H39FN4O6. The van der Waals surface area contributed by atoms with Gasteiger partial charge in [-0.3, -0.25) is 4.79 Å². The second-order valence-electron chi connectivity index (χ2n) is 10.3. The minimum atomic E-state index is -0.837. The number of nitrogens with one attached hydrogen (secondary N) is 1. The number of carbonyl (C=O) groups excluding carboxylic acids is 3. The van der Waals surface area contributed by atoms with E-state index in [1.54, 1.807) is 24.1 Å². The van der Waals surface area contributed by atoms with E-state index in [-0.39, 0.29) is 31.1 Å². The van der Waals surface area contributed by atoms with Gasteiger partial charge in [0.2, 0.25) is 5.91 Å². The highest BCUT2D eigenvalue weighted by Crippen LogP contribution is 2.34. The molecule has 41 heavy (non-hydrogen) atoms. The predicted octanol–water partition coefficient (Wildman–Crippen LogP) is 4.32. The number of carbonyl (C=O) groups is 3. The van der Waals surface area contributed by atoms with Crippen LogP contribution in [0.3, 0.4) is 0 Å². The van der Waals surface area contributed by atoms with Gasteiger partial charge in [-0.15, -0.1) is 0 Å². The van der Waals surface area contributed by atoms with Crippen molar-refractivity contribution in [2.45, 2.75) is 51.4 Å². The Balaban J connectivity index is 1.30. The summed E-state index contributed by atoms with van der Waals surface area (Å²) in [6.07, 6.45) is 1.65. The van der Waals surface area contributed by atoms with E-state index < -0.39 is 18.0 Å². The first-order valence-corrected chi connectivity index (χ1v) is 14.2. The normalized spacial score (nSPS) is 17.3. The van der Waals surface area contributed by atoms with Crippen molar-refractivity contribution >= 4 is 29.5 Å². The van der Waals surface area contributed by atoms with Gasteiger partial charge in [-0.1, -0.05) is 49.7 Å². The van der Waals surface area contributed by atoms with E-state index in [9.17, 15) is 14.4 Å². The maximum absolute atomic E-state index is 15.1. The van der Waals surface area contributed by atoms with Gasteiger partial charge in [-0.25, -0.2) is 14.0 Å². The highest BCUT2D eigenvalue weighted by atomic mass is 19.1.